The summed E-state index contributed by atoms with van der Waals surface area (Å²) < 4.78 is 0.529. The molecule has 0 fully saturated rings. The summed E-state index contributed by atoms with van der Waals surface area (Å²) in [6.07, 6.45) is 0. The first-order chi connectivity index (χ1) is 8.27. The molecule has 0 bridgehead atoms. The molecule has 17 heavy (non-hydrogen) atoms. The second-order valence-electron chi connectivity index (χ2n) is 4.06. The van der Waals surface area contributed by atoms with E-state index in [4.69, 9.17) is 12.2 Å². The highest BCUT2D eigenvalue weighted by molar-refractivity contribution is 8.11. The third kappa shape index (κ3) is 1.75. The molecule has 84 valence electrons. The lowest BCUT2D eigenvalue weighted by Crippen LogP contribution is -2.22. The fourth-order valence-corrected chi connectivity index (χ4v) is 2.68. The van der Waals surface area contributed by atoms with Crippen molar-refractivity contribution < 1.29 is 0 Å². The van der Waals surface area contributed by atoms with Gasteiger partial charge in [-0.2, -0.15) is 0 Å². The molecule has 0 amide bonds. The third-order valence-electron chi connectivity index (χ3n) is 3.10. The van der Waals surface area contributed by atoms with Crippen LogP contribution in [0.25, 0.3) is 11.1 Å². The average molecular weight is 257 g/mol. The second-order valence-corrected chi connectivity index (χ2v) is 5.22. The normalized spacial score (nSPS) is 13.0. The Labute approximate surface area is 111 Å². The first kappa shape index (κ1) is 10.8. The minimum absolute atomic E-state index is 0.132. The Morgan fingerprint density at radius 3 is 1.88 bits per heavy atom. The van der Waals surface area contributed by atoms with Crippen LogP contribution in [0.2, 0.25) is 0 Å². The van der Waals surface area contributed by atoms with Crippen LogP contribution in [-0.4, -0.2) is 4.32 Å². The standard InChI is InChI=1S/C14H11NS2/c16-14(17)15-13-11-7-3-1-5-9(11)10-6-2-4-8-12(10)13/h1-8,13H,(H2,15,16,17). The molecule has 3 heteroatoms. The van der Waals surface area contributed by atoms with Crippen LogP contribution >= 0.6 is 24.8 Å². The maximum absolute atomic E-state index is 5.04. The van der Waals surface area contributed by atoms with Gasteiger partial charge in [0, 0.05) is 0 Å². The van der Waals surface area contributed by atoms with Gasteiger partial charge in [-0.05, 0) is 22.3 Å². The number of rotatable bonds is 1. The zero-order valence-corrected chi connectivity index (χ0v) is 10.8. The summed E-state index contributed by atoms with van der Waals surface area (Å²) in [5, 5.41) is 3.25. The van der Waals surface area contributed by atoms with Crippen LogP contribution in [0.5, 0.6) is 0 Å². The molecule has 0 atom stereocenters. The molecule has 0 heterocycles. The molecular formula is C14H11NS2. The van der Waals surface area contributed by atoms with Crippen molar-refractivity contribution in [2.45, 2.75) is 6.04 Å². The summed E-state index contributed by atoms with van der Waals surface area (Å²) in [5.74, 6) is 0. The summed E-state index contributed by atoms with van der Waals surface area (Å²) in [5.41, 5.74) is 5.10. The van der Waals surface area contributed by atoms with Gasteiger partial charge < -0.3 is 5.32 Å². The second kappa shape index (κ2) is 4.17. The molecule has 0 spiro atoms. The zero-order chi connectivity index (χ0) is 11.8. The van der Waals surface area contributed by atoms with E-state index < -0.39 is 0 Å². The first-order valence-electron chi connectivity index (χ1n) is 5.45. The smallest absolute Gasteiger partial charge is 0.131 e. The molecule has 2 aromatic rings. The largest absolute Gasteiger partial charge is 0.360 e. The van der Waals surface area contributed by atoms with E-state index in [-0.39, 0.29) is 6.04 Å². The van der Waals surface area contributed by atoms with E-state index in [0.29, 0.717) is 4.32 Å². The van der Waals surface area contributed by atoms with Crippen molar-refractivity contribution in [2.24, 2.45) is 0 Å². The minimum Gasteiger partial charge on any atom is -0.360 e. The Morgan fingerprint density at radius 2 is 1.41 bits per heavy atom. The van der Waals surface area contributed by atoms with E-state index in [9.17, 15) is 0 Å². The lowest BCUT2D eigenvalue weighted by molar-refractivity contribution is 0.799. The molecule has 1 N–H and O–H groups in total. The highest BCUT2D eigenvalue weighted by Gasteiger charge is 2.27. The van der Waals surface area contributed by atoms with Crippen LogP contribution in [0.1, 0.15) is 17.2 Å². The van der Waals surface area contributed by atoms with Gasteiger partial charge in [0.15, 0.2) is 0 Å². The zero-order valence-electron chi connectivity index (χ0n) is 9.05. The van der Waals surface area contributed by atoms with Crippen molar-refractivity contribution in [1.29, 1.82) is 0 Å². The van der Waals surface area contributed by atoms with E-state index in [1.807, 2.05) is 0 Å². The summed E-state index contributed by atoms with van der Waals surface area (Å²) in [6, 6.07) is 17.0. The number of fused-ring (bicyclic) bond motifs is 3. The van der Waals surface area contributed by atoms with E-state index in [2.05, 4.69) is 66.5 Å². The van der Waals surface area contributed by atoms with Crippen LogP contribution in [0.15, 0.2) is 48.5 Å². The molecule has 0 aliphatic heterocycles. The highest BCUT2D eigenvalue weighted by Crippen LogP contribution is 2.42. The molecule has 1 aliphatic rings. The molecule has 0 unspecified atom stereocenters. The van der Waals surface area contributed by atoms with Gasteiger partial charge in [0.2, 0.25) is 0 Å². The molecular weight excluding hydrogens is 246 g/mol. The Kier molecular flexibility index (Phi) is 2.65. The molecule has 1 nitrogen and oxygen atoms in total. The van der Waals surface area contributed by atoms with Gasteiger partial charge in [-0.1, -0.05) is 60.7 Å². The van der Waals surface area contributed by atoms with Crippen molar-refractivity contribution >= 4 is 29.2 Å². The minimum atomic E-state index is 0.132. The quantitative estimate of drug-likeness (QED) is 0.598. The Morgan fingerprint density at radius 1 is 0.941 bits per heavy atom. The first-order valence-corrected chi connectivity index (χ1v) is 6.30. The molecule has 0 saturated carbocycles. The van der Waals surface area contributed by atoms with E-state index in [1.54, 1.807) is 0 Å². The van der Waals surface area contributed by atoms with Gasteiger partial charge in [0.1, 0.15) is 4.32 Å². The van der Waals surface area contributed by atoms with Crippen molar-refractivity contribution in [2.75, 3.05) is 0 Å². The SMILES string of the molecule is S=C(S)NC1c2ccccc2-c2ccccc21. The van der Waals surface area contributed by atoms with Crippen molar-refractivity contribution in [3.8, 4) is 11.1 Å². The molecule has 1 aliphatic carbocycles. The van der Waals surface area contributed by atoms with Crippen molar-refractivity contribution in [3.05, 3.63) is 59.7 Å². The van der Waals surface area contributed by atoms with Crippen LogP contribution in [0.3, 0.4) is 0 Å². The Bertz CT molecular complexity index is 547. The predicted molar refractivity (Wildman–Crippen MR) is 78.4 cm³/mol. The number of hydrogen-bond acceptors (Lipinski definition) is 1. The van der Waals surface area contributed by atoms with Crippen LogP contribution in [0.4, 0.5) is 0 Å². The summed E-state index contributed by atoms with van der Waals surface area (Å²) in [7, 11) is 0. The molecule has 2 aromatic carbocycles. The summed E-state index contributed by atoms with van der Waals surface area (Å²) in [6.45, 7) is 0. The maximum atomic E-state index is 5.04. The summed E-state index contributed by atoms with van der Waals surface area (Å²) >= 11 is 9.22. The molecule has 0 saturated heterocycles. The Hall–Kier alpha value is -1.32. The van der Waals surface area contributed by atoms with E-state index in [0.717, 1.165) is 0 Å². The topological polar surface area (TPSA) is 12.0 Å². The maximum Gasteiger partial charge on any atom is 0.131 e. The lowest BCUT2D eigenvalue weighted by atomic mass is 10.1. The molecule has 0 aromatic heterocycles. The number of thiol groups is 1. The van der Waals surface area contributed by atoms with Gasteiger partial charge in [-0.25, -0.2) is 0 Å². The number of hydrogen-bond donors (Lipinski definition) is 2. The van der Waals surface area contributed by atoms with Crippen LogP contribution in [0, 0.1) is 0 Å². The predicted octanol–water partition coefficient (Wildman–Crippen LogP) is 3.56. The fourth-order valence-electron chi connectivity index (χ4n) is 2.43. The van der Waals surface area contributed by atoms with Gasteiger partial charge in [0.25, 0.3) is 0 Å². The Balaban J connectivity index is 2.20. The third-order valence-corrected chi connectivity index (χ3v) is 3.35. The average Bonchev–Trinajstić information content (AvgIpc) is 2.65. The molecule has 0 radical (unpaired) electrons. The molecule has 3 rings (SSSR count). The monoisotopic (exact) mass is 257 g/mol. The lowest BCUT2D eigenvalue weighted by Gasteiger charge is -2.15. The van der Waals surface area contributed by atoms with Crippen molar-refractivity contribution in [1.82, 2.24) is 5.32 Å². The van der Waals surface area contributed by atoms with E-state index in [1.165, 1.54) is 22.3 Å². The van der Waals surface area contributed by atoms with Gasteiger partial charge >= 0.3 is 0 Å². The number of nitrogens with one attached hydrogen (secondary N) is 1. The van der Waals surface area contributed by atoms with Crippen molar-refractivity contribution in [3.63, 3.8) is 0 Å². The highest BCUT2D eigenvalue weighted by atomic mass is 32.1. The fraction of sp³-hybridized carbons (Fsp3) is 0.0714. The number of thiocarbonyl (C=S) groups is 1. The van der Waals surface area contributed by atoms with Gasteiger partial charge in [0.05, 0.1) is 6.04 Å². The number of benzene rings is 2. The van der Waals surface area contributed by atoms with E-state index >= 15 is 0 Å². The van der Waals surface area contributed by atoms with Gasteiger partial charge in [-0.15, -0.1) is 12.6 Å². The van der Waals surface area contributed by atoms with Crippen LogP contribution in [-0.2, 0) is 0 Å². The van der Waals surface area contributed by atoms with Crippen LogP contribution < -0.4 is 5.32 Å². The summed E-state index contributed by atoms with van der Waals surface area (Å²) in [4.78, 5) is 0. The van der Waals surface area contributed by atoms with Gasteiger partial charge in [-0.3, -0.25) is 0 Å².